The molecule has 22 N–H and O–H groups in total. The molecule has 40 atom stereocenters. The van der Waals surface area contributed by atoms with E-state index in [0.717, 1.165) is 0 Å². The Kier molecular flexibility index (Phi) is 22.4. The Hall–Kier alpha value is -1.56. The summed E-state index contributed by atoms with van der Waals surface area (Å²) in [6, 6.07) is 0. The molecular formula is C48H78O39. The predicted molar refractivity (Wildman–Crippen MR) is 258 cm³/mol. The lowest BCUT2D eigenvalue weighted by Gasteiger charge is -2.50. The minimum absolute atomic E-state index is 0.855. The first-order chi connectivity index (χ1) is 41.6. The smallest absolute Gasteiger partial charge is 0.187 e. The van der Waals surface area contributed by atoms with Crippen LogP contribution in [0.15, 0.2) is 0 Å². The van der Waals surface area contributed by atoms with Crippen molar-refractivity contribution in [1.82, 2.24) is 0 Å². The van der Waals surface area contributed by atoms with Gasteiger partial charge in [-0.15, -0.1) is 0 Å². The molecule has 0 aliphatic carbocycles. The van der Waals surface area contributed by atoms with E-state index in [1.807, 2.05) is 0 Å². The van der Waals surface area contributed by atoms with Gasteiger partial charge in [-0.1, -0.05) is 0 Å². The van der Waals surface area contributed by atoms with Gasteiger partial charge in [-0.25, -0.2) is 0 Å². The Morgan fingerprint density at radius 3 is 0.471 bits per heavy atom. The van der Waals surface area contributed by atoms with Crippen LogP contribution >= 0.6 is 0 Å². The van der Waals surface area contributed by atoms with Crippen LogP contribution in [-0.4, -0.2) is 411 Å². The molecule has 31 aliphatic rings. The van der Waals surface area contributed by atoms with E-state index in [-0.39, 0.29) is 0 Å². The molecular weight excluding hydrogens is 1200 g/mol. The van der Waals surface area contributed by atoms with Gasteiger partial charge in [0.05, 0.1) is 52.9 Å². The second-order valence-electron chi connectivity index (χ2n) is 22.5. The van der Waals surface area contributed by atoms with E-state index in [0.29, 0.717) is 0 Å². The summed E-state index contributed by atoms with van der Waals surface area (Å²) in [6.45, 7) is -8.06. The van der Waals surface area contributed by atoms with Gasteiger partial charge in [0.15, 0.2) is 50.3 Å². The molecule has 31 aliphatic heterocycles. The zero-order valence-corrected chi connectivity index (χ0v) is 45.5. The van der Waals surface area contributed by atoms with Gasteiger partial charge in [0.1, 0.15) is 195 Å². The molecule has 39 heteroatoms. The van der Waals surface area contributed by atoms with E-state index >= 15 is 0 Å². The summed E-state index contributed by atoms with van der Waals surface area (Å²) in [5, 5.41) is 243. The summed E-state index contributed by atoms with van der Waals surface area (Å²) >= 11 is 0. The van der Waals surface area contributed by atoms with Gasteiger partial charge in [0, 0.05) is 0 Å². The quantitative estimate of drug-likeness (QED) is 0.100. The van der Waals surface area contributed by atoms with E-state index < -0.39 is 299 Å². The monoisotopic (exact) mass is 1280 g/mol. The average molecular weight is 1280 g/mol. The number of epoxide rings is 1. The number of aliphatic hydroxyl groups excluding tert-OH is 22. The Morgan fingerprint density at radius 1 is 0.138 bits per heavy atom. The van der Waals surface area contributed by atoms with Crippen molar-refractivity contribution in [1.29, 1.82) is 0 Å². The van der Waals surface area contributed by atoms with Crippen molar-refractivity contribution in [2.75, 3.05) is 52.9 Å². The maximum Gasteiger partial charge on any atom is 0.187 e. The molecule has 16 bridgehead atoms. The molecule has 0 amide bonds. The Labute approximate surface area is 490 Å². The number of rotatable bonds is 8. The molecule has 31 heterocycles. The summed E-state index contributed by atoms with van der Waals surface area (Å²) in [4.78, 5) is 0. The first-order valence-corrected chi connectivity index (χ1v) is 28.1. The van der Waals surface area contributed by atoms with Crippen LogP contribution < -0.4 is 0 Å². The number of ether oxygens (including phenoxy) is 17. The van der Waals surface area contributed by atoms with Crippen LogP contribution in [0.1, 0.15) is 0 Å². The number of hydrogen-bond acceptors (Lipinski definition) is 39. The first-order valence-electron chi connectivity index (χ1n) is 28.1. The summed E-state index contributed by atoms with van der Waals surface area (Å²) < 4.78 is 98.1. The zero-order chi connectivity index (χ0) is 62.8. The largest absolute Gasteiger partial charge is 0.394 e. The predicted octanol–water partition coefficient (Wildman–Crippen LogP) is -16.4. The van der Waals surface area contributed by atoms with Crippen LogP contribution in [0.25, 0.3) is 0 Å². The average Bonchev–Trinajstić information content (AvgIpc) is 1.93. The standard InChI is InChI=1S/C48H78O39/c49-1-9-31-17(57)24(64)41(71-9)81-32-10(2-50)73-43(26(66)18(32)58)83-34-12(4-52)75-45(28(68)20(34)60)85-36-14(6-54)77-47(30(70)22(36)62)87-38-16(8-56)78-48(40-39(38)79-40)86-37-15(7-55)76-46(29(69)23(37)63)84-35-13(5-53)74-44(27(67)21(35)61)82-33-11(3-51)72-42(80-31)25(65)19(33)59/h9-70H,1-8H2/t9-,10-,11-,12-,13-,14-,15-,16-,17-,18-,19-,20-,21-,22-,23-,24-,25-,26-,27-,28-,29-,30-,31-,32-,33-,34-,35-,36-,37-,38-,39+,40+,41-,42-,43-,44-,45-,46-,47-,48-/m1/s1. The Balaban J connectivity index is 0.898. The number of hydrogen-bond donors (Lipinski definition) is 22. The fourth-order valence-corrected chi connectivity index (χ4v) is 12.2. The molecule has 504 valence electrons. The molecule has 0 aromatic rings. The fourth-order valence-electron chi connectivity index (χ4n) is 12.2. The maximum absolute atomic E-state index is 11.4. The van der Waals surface area contributed by atoms with Crippen LogP contribution in [0, 0.1) is 0 Å². The lowest BCUT2D eigenvalue weighted by Crippen LogP contribution is -2.68. The van der Waals surface area contributed by atoms with Crippen molar-refractivity contribution in [3.8, 4) is 0 Å². The van der Waals surface area contributed by atoms with Gasteiger partial charge >= 0.3 is 0 Å². The molecule has 0 saturated carbocycles. The normalized spacial score (nSPS) is 56.2. The molecule has 0 spiro atoms. The Bertz CT molecular complexity index is 2150. The van der Waals surface area contributed by atoms with Gasteiger partial charge in [-0.3, -0.25) is 0 Å². The second kappa shape index (κ2) is 28.6. The van der Waals surface area contributed by atoms with Crippen LogP contribution in [0.4, 0.5) is 0 Å². The highest BCUT2D eigenvalue weighted by atomic mass is 16.8. The lowest BCUT2D eigenvalue weighted by molar-refractivity contribution is -0.400. The van der Waals surface area contributed by atoms with Gasteiger partial charge < -0.3 is 193 Å². The van der Waals surface area contributed by atoms with E-state index in [2.05, 4.69) is 0 Å². The highest BCUT2D eigenvalue weighted by molar-refractivity contribution is 5.06. The molecule has 31 saturated heterocycles. The van der Waals surface area contributed by atoms with E-state index in [4.69, 9.17) is 80.5 Å². The van der Waals surface area contributed by atoms with Crippen LogP contribution in [0.3, 0.4) is 0 Å². The van der Waals surface area contributed by atoms with Crippen molar-refractivity contribution in [3.63, 3.8) is 0 Å². The highest BCUT2D eigenvalue weighted by Crippen LogP contribution is 2.44. The van der Waals surface area contributed by atoms with E-state index in [1.54, 1.807) is 0 Å². The number of aliphatic hydroxyl groups is 22. The van der Waals surface area contributed by atoms with Crippen LogP contribution in [-0.2, 0) is 80.5 Å². The van der Waals surface area contributed by atoms with Crippen molar-refractivity contribution < 1.29 is 193 Å². The second-order valence-corrected chi connectivity index (χ2v) is 22.5. The summed E-state index contributed by atoms with van der Waals surface area (Å²) in [6.07, 6.45) is -75.8. The van der Waals surface area contributed by atoms with Crippen molar-refractivity contribution in [2.45, 2.75) is 246 Å². The third kappa shape index (κ3) is 13.2. The van der Waals surface area contributed by atoms with Crippen molar-refractivity contribution in [2.24, 2.45) is 0 Å². The third-order valence-corrected chi connectivity index (χ3v) is 17.1. The molecule has 87 heavy (non-hydrogen) atoms. The summed E-state index contributed by atoms with van der Waals surface area (Å²) in [5.74, 6) is 0. The molecule has 31 fully saturated rings. The van der Waals surface area contributed by atoms with Crippen molar-refractivity contribution in [3.05, 3.63) is 0 Å². The van der Waals surface area contributed by atoms with E-state index in [1.165, 1.54) is 0 Å². The molecule has 0 radical (unpaired) electrons. The zero-order valence-electron chi connectivity index (χ0n) is 45.5. The van der Waals surface area contributed by atoms with Gasteiger partial charge in [-0.05, 0) is 0 Å². The van der Waals surface area contributed by atoms with Crippen LogP contribution in [0.2, 0.25) is 0 Å². The molecule has 39 nitrogen and oxygen atoms in total. The molecule has 0 unspecified atom stereocenters. The van der Waals surface area contributed by atoms with Crippen LogP contribution in [0.5, 0.6) is 0 Å². The van der Waals surface area contributed by atoms with Gasteiger partial charge in [-0.2, -0.15) is 0 Å². The van der Waals surface area contributed by atoms with Gasteiger partial charge in [0.25, 0.3) is 0 Å². The maximum atomic E-state index is 11.4. The molecule has 0 aromatic heterocycles. The topological polar surface area (TPSA) is 605 Å². The lowest BCUT2D eigenvalue weighted by atomic mass is 9.95. The van der Waals surface area contributed by atoms with E-state index in [9.17, 15) is 112 Å². The van der Waals surface area contributed by atoms with Gasteiger partial charge in [0.2, 0.25) is 0 Å². The van der Waals surface area contributed by atoms with Crippen molar-refractivity contribution >= 4 is 0 Å². The fraction of sp³-hybridized carbons (Fsp3) is 1.00. The molecule has 0 aromatic carbocycles. The minimum Gasteiger partial charge on any atom is -0.394 e. The summed E-state index contributed by atoms with van der Waals surface area (Å²) in [5.41, 5.74) is 0. The first kappa shape index (κ1) is 68.3. The molecule has 31 rings (SSSR count). The Morgan fingerprint density at radius 2 is 0.287 bits per heavy atom. The minimum atomic E-state index is -2.23. The SMILES string of the molecule is OC[C@H]1O[C@@H]2O[C@H]3[C@H](O)[C@@H](O)[C@@H](O[C@H]4[C@H](O)[C@@H](O)[C@@H](O[C@H]5[C@H](O)[C@@H](O)[C@@H](O[C@H]6[C@@H]7O[C@@H]7[C@@H](O[C@H]7[C@H](O)[C@@H](O)[C@@H](O[C@H]8[C@H](O)[C@@H](O)[C@@H](O[C@H]9[C@H](O)[C@@H](O)[C@@H](O[C@H]1[C@H](O)[C@H]2O)O[C@@H]9CO)O[C@@H]8CO)O[C@@H]7CO)O[C@@H]6CO)O[C@@H]5CO)O[C@@H]4CO)O[C@@H]3CO. The summed E-state index contributed by atoms with van der Waals surface area (Å²) in [7, 11) is 0. The third-order valence-electron chi connectivity index (χ3n) is 17.1. The highest BCUT2D eigenvalue weighted by Gasteiger charge is 2.64.